The van der Waals surface area contributed by atoms with E-state index >= 15 is 0 Å². The van der Waals surface area contributed by atoms with Crippen LogP contribution < -0.4 is 10.2 Å². The first-order valence-electron chi connectivity index (χ1n) is 6.01. The fraction of sp³-hybridized carbons (Fsp3) is 0.0769. The molecule has 3 rings (SSSR count). The van der Waals surface area contributed by atoms with Crippen LogP contribution in [0.4, 0.5) is 17.3 Å². The number of rotatable bonds is 2. The molecule has 0 spiro atoms. The second-order valence-corrected chi connectivity index (χ2v) is 4.35. The summed E-state index contributed by atoms with van der Waals surface area (Å²) < 4.78 is 4.89. The van der Waals surface area contributed by atoms with E-state index in [4.69, 9.17) is 4.42 Å². The Kier molecular flexibility index (Phi) is 2.90. The Labute approximate surface area is 118 Å². The van der Waals surface area contributed by atoms with Crippen LogP contribution in [0, 0.1) is 10.1 Å². The Balaban J connectivity index is 1.97. The zero-order valence-electron chi connectivity index (χ0n) is 10.6. The van der Waals surface area contributed by atoms with E-state index in [-0.39, 0.29) is 18.2 Å². The van der Waals surface area contributed by atoms with E-state index in [1.54, 1.807) is 24.3 Å². The summed E-state index contributed by atoms with van der Waals surface area (Å²) in [5.74, 6) is -1.66. The quantitative estimate of drug-likeness (QED) is 0.669. The molecule has 0 unspecified atom stereocenters. The normalized spacial score (nSPS) is 13.5. The van der Waals surface area contributed by atoms with Crippen molar-refractivity contribution in [3.63, 3.8) is 0 Å². The van der Waals surface area contributed by atoms with Crippen molar-refractivity contribution >= 4 is 29.1 Å². The molecule has 0 aliphatic carbocycles. The lowest BCUT2D eigenvalue weighted by atomic mass is 10.2. The van der Waals surface area contributed by atoms with Gasteiger partial charge in [-0.15, -0.1) is 0 Å². The number of nitro groups is 1. The maximum absolute atomic E-state index is 12.4. The van der Waals surface area contributed by atoms with Gasteiger partial charge in [-0.25, -0.2) is 0 Å². The first-order valence-corrected chi connectivity index (χ1v) is 6.01. The van der Waals surface area contributed by atoms with Gasteiger partial charge in [-0.3, -0.25) is 24.6 Å². The summed E-state index contributed by atoms with van der Waals surface area (Å²) >= 11 is 0. The molecule has 8 heteroatoms. The topological polar surface area (TPSA) is 106 Å². The highest BCUT2D eigenvalue weighted by Crippen LogP contribution is 2.30. The number of amides is 2. The van der Waals surface area contributed by atoms with Crippen molar-refractivity contribution in [1.82, 2.24) is 0 Å². The van der Waals surface area contributed by atoms with Gasteiger partial charge >= 0.3 is 5.88 Å². The smallest absolute Gasteiger partial charge is 0.395 e. The molecule has 0 fully saturated rings. The molecular weight excluding hydrogens is 278 g/mol. The molecule has 1 aromatic carbocycles. The molecule has 0 radical (unpaired) electrons. The average Bonchev–Trinajstić information content (AvgIpc) is 2.95. The molecule has 2 amide bonds. The minimum Gasteiger partial charge on any atom is -0.395 e. The maximum atomic E-state index is 12.4. The Hall–Kier alpha value is -3.16. The van der Waals surface area contributed by atoms with Crippen molar-refractivity contribution in [2.24, 2.45) is 0 Å². The minimum absolute atomic E-state index is 0.176. The summed E-state index contributed by atoms with van der Waals surface area (Å²) in [7, 11) is 0. The van der Waals surface area contributed by atoms with Crippen LogP contribution >= 0.6 is 0 Å². The molecule has 0 saturated heterocycles. The highest BCUT2D eigenvalue weighted by atomic mass is 16.6. The van der Waals surface area contributed by atoms with E-state index in [0.717, 1.165) is 6.07 Å². The van der Waals surface area contributed by atoms with Gasteiger partial charge < -0.3 is 9.73 Å². The standard InChI is InChI=1S/C13H9N3O5/c17-11-7-15(9-4-2-1-3-8(9)14-11)13(18)10-5-6-12(21-10)16(19)20/h1-6H,7H2,(H,14,17). The van der Waals surface area contributed by atoms with Crippen LogP contribution in [-0.4, -0.2) is 23.3 Å². The predicted octanol–water partition coefficient (Wildman–Crippen LogP) is 1.79. The molecule has 0 bridgehead atoms. The van der Waals surface area contributed by atoms with Crippen molar-refractivity contribution in [3.8, 4) is 0 Å². The van der Waals surface area contributed by atoms with E-state index in [2.05, 4.69) is 5.32 Å². The third kappa shape index (κ3) is 2.22. The number of hydrogen-bond donors (Lipinski definition) is 1. The summed E-state index contributed by atoms with van der Waals surface area (Å²) in [5, 5.41) is 13.2. The Bertz CT molecular complexity index is 752. The zero-order chi connectivity index (χ0) is 15.0. The summed E-state index contributed by atoms with van der Waals surface area (Å²) in [4.78, 5) is 35.1. The number of furan rings is 1. The van der Waals surface area contributed by atoms with Crippen LogP contribution in [0.15, 0.2) is 40.8 Å². The number of para-hydroxylation sites is 2. The molecule has 0 atom stereocenters. The van der Waals surface area contributed by atoms with Crippen LogP contribution in [-0.2, 0) is 4.79 Å². The van der Waals surface area contributed by atoms with Gasteiger partial charge in [0, 0.05) is 0 Å². The van der Waals surface area contributed by atoms with Crippen LogP contribution in [0.1, 0.15) is 10.6 Å². The molecule has 2 aromatic rings. The van der Waals surface area contributed by atoms with E-state index in [1.165, 1.54) is 11.0 Å². The average molecular weight is 287 g/mol. The third-order valence-corrected chi connectivity index (χ3v) is 3.00. The molecular formula is C13H9N3O5. The van der Waals surface area contributed by atoms with E-state index in [9.17, 15) is 19.7 Å². The molecule has 1 aromatic heterocycles. The van der Waals surface area contributed by atoms with Gasteiger partial charge in [-0.1, -0.05) is 12.1 Å². The summed E-state index contributed by atoms with van der Waals surface area (Å²) in [6, 6.07) is 9.10. The number of fused-ring (bicyclic) bond motifs is 1. The van der Waals surface area contributed by atoms with Crippen molar-refractivity contribution in [1.29, 1.82) is 0 Å². The third-order valence-electron chi connectivity index (χ3n) is 3.00. The van der Waals surface area contributed by atoms with E-state index in [0.29, 0.717) is 11.4 Å². The minimum atomic E-state index is -0.729. The second-order valence-electron chi connectivity index (χ2n) is 4.35. The summed E-state index contributed by atoms with van der Waals surface area (Å²) in [6.45, 7) is -0.176. The van der Waals surface area contributed by atoms with Crippen LogP contribution in [0.3, 0.4) is 0 Å². The molecule has 106 valence electrons. The SMILES string of the molecule is O=C1CN(C(=O)c2ccc([N+](=O)[O-])o2)c2ccccc2N1. The molecule has 0 saturated carbocycles. The Morgan fingerprint density at radius 2 is 2.05 bits per heavy atom. The molecule has 8 nitrogen and oxygen atoms in total. The Morgan fingerprint density at radius 1 is 1.29 bits per heavy atom. The van der Waals surface area contributed by atoms with Gasteiger partial charge in [0.1, 0.15) is 11.5 Å². The van der Waals surface area contributed by atoms with Crippen molar-refractivity contribution in [2.75, 3.05) is 16.8 Å². The van der Waals surface area contributed by atoms with E-state index in [1.807, 2.05) is 0 Å². The molecule has 21 heavy (non-hydrogen) atoms. The van der Waals surface area contributed by atoms with Crippen LogP contribution in [0.5, 0.6) is 0 Å². The van der Waals surface area contributed by atoms with Crippen LogP contribution in [0.25, 0.3) is 0 Å². The number of carbonyl (C=O) groups excluding carboxylic acids is 2. The number of anilines is 2. The number of hydrogen-bond acceptors (Lipinski definition) is 5. The lowest BCUT2D eigenvalue weighted by Crippen LogP contribution is -2.42. The van der Waals surface area contributed by atoms with E-state index < -0.39 is 16.7 Å². The highest BCUT2D eigenvalue weighted by molar-refractivity contribution is 6.14. The van der Waals surface area contributed by atoms with Crippen molar-refractivity contribution < 1.29 is 18.9 Å². The zero-order valence-corrected chi connectivity index (χ0v) is 10.6. The summed E-state index contributed by atoms with van der Waals surface area (Å²) in [5.41, 5.74) is 1.02. The molecule has 1 aliphatic rings. The second kappa shape index (κ2) is 4.75. The molecule has 1 N–H and O–H groups in total. The maximum Gasteiger partial charge on any atom is 0.433 e. The van der Waals surface area contributed by atoms with Gasteiger partial charge in [0.15, 0.2) is 5.76 Å². The summed E-state index contributed by atoms with van der Waals surface area (Å²) in [6.07, 6.45) is 0. The Morgan fingerprint density at radius 3 is 2.76 bits per heavy atom. The lowest BCUT2D eigenvalue weighted by molar-refractivity contribution is -0.402. The van der Waals surface area contributed by atoms with Gasteiger partial charge in [0.05, 0.1) is 17.4 Å². The highest BCUT2D eigenvalue weighted by Gasteiger charge is 2.30. The lowest BCUT2D eigenvalue weighted by Gasteiger charge is -2.28. The van der Waals surface area contributed by atoms with Crippen molar-refractivity contribution in [2.45, 2.75) is 0 Å². The monoisotopic (exact) mass is 287 g/mol. The van der Waals surface area contributed by atoms with Gasteiger partial charge in [-0.2, -0.15) is 0 Å². The number of carbonyl (C=O) groups is 2. The first-order chi connectivity index (χ1) is 10.1. The molecule has 2 heterocycles. The van der Waals surface area contributed by atoms with Gasteiger partial charge in [-0.05, 0) is 18.2 Å². The van der Waals surface area contributed by atoms with Crippen LogP contribution in [0.2, 0.25) is 0 Å². The number of benzene rings is 1. The van der Waals surface area contributed by atoms with Gasteiger partial charge in [0.25, 0.3) is 5.91 Å². The largest absolute Gasteiger partial charge is 0.433 e. The van der Waals surface area contributed by atoms with Gasteiger partial charge in [0.2, 0.25) is 5.91 Å². The fourth-order valence-electron chi connectivity index (χ4n) is 2.09. The molecule has 1 aliphatic heterocycles. The van der Waals surface area contributed by atoms with Crippen molar-refractivity contribution in [3.05, 3.63) is 52.3 Å². The predicted molar refractivity (Wildman–Crippen MR) is 72.1 cm³/mol. The number of nitrogens with one attached hydrogen (secondary N) is 1. The number of nitrogens with zero attached hydrogens (tertiary/aromatic N) is 2. The first kappa shape index (κ1) is 12.9. The fourth-order valence-corrected chi connectivity index (χ4v) is 2.09.